The van der Waals surface area contributed by atoms with Crippen molar-refractivity contribution in [3.8, 4) is 0 Å². The molecule has 0 saturated heterocycles. The Bertz CT molecular complexity index is 485. The van der Waals surface area contributed by atoms with Gasteiger partial charge in [-0.15, -0.1) is 0 Å². The van der Waals surface area contributed by atoms with Crippen LogP contribution in [0.1, 0.15) is 20.3 Å². The Morgan fingerprint density at radius 3 is 2.72 bits per heavy atom. The monoisotopic (exact) mass is 317 g/mol. The van der Waals surface area contributed by atoms with E-state index >= 15 is 0 Å². The summed E-state index contributed by atoms with van der Waals surface area (Å²) in [6, 6.07) is 0.417. The minimum atomic E-state index is -0.657. The van der Waals surface area contributed by atoms with Crippen LogP contribution in [0.2, 0.25) is 0 Å². The summed E-state index contributed by atoms with van der Waals surface area (Å²) in [5.41, 5.74) is -0.988. The predicted octanol–water partition coefficient (Wildman–Crippen LogP) is 1.91. The van der Waals surface area contributed by atoms with E-state index in [1.165, 1.54) is 6.20 Å². The van der Waals surface area contributed by atoms with Crippen molar-refractivity contribution in [2.75, 3.05) is 6.54 Å². The summed E-state index contributed by atoms with van der Waals surface area (Å²) in [5.74, 6) is 0. The van der Waals surface area contributed by atoms with E-state index in [9.17, 15) is 14.9 Å². The van der Waals surface area contributed by atoms with Crippen LogP contribution in [0.5, 0.6) is 0 Å². The van der Waals surface area contributed by atoms with E-state index in [4.69, 9.17) is 0 Å². The van der Waals surface area contributed by atoms with E-state index in [2.05, 4.69) is 35.1 Å². The molecule has 6 nitrogen and oxygen atoms in total. The number of rotatable bonds is 6. The van der Waals surface area contributed by atoms with Gasteiger partial charge >= 0.3 is 5.69 Å². The average Bonchev–Trinajstić information content (AvgIpc) is 2.28. The van der Waals surface area contributed by atoms with Crippen molar-refractivity contribution in [2.24, 2.45) is 0 Å². The molecule has 0 bridgehead atoms. The maximum Gasteiger partial charge on any atom is 0.333 e. The molecule has 0 fully saturated rings. The Morgan fingerprint density at radius 2 is 2.17 bits per heavy atom. The highest BCUT2D eigenvalue weighted by molar-refractivity contribution is 9.10. The summed E-state index contributed by atoms with van der Waals surface area (Å²) in [6.45, 7) is 5.57. The van der Waals surface area contributed by atoms with Gasteiger partial charge in [-0.3, -0.25) is 14.9 Å². The zero-order valence-electron chi connectivity index (χ0n) is 10.4. The molecule has 1 rings (SSSR count). The molecule has 0 aliphatic rings. The lowest BCUT2D eigenvalue weighted by Crippen LogP contribution is -2.24. The number of aryl methyl sites for hydroxylation is 1. The number of aromatic nitrogens is 1. The van der Waals surface area contributed by atoms with Gasteiger partial charge in [0.05, 0.1) is 15.6 Å². The van der Waals surface area contributed by atoms with Gasteiger partial charge in [0.2, 0.25) is 0 Å². The topological polar surface area (TPSA) is 77.2 Å². The molecule has 0 aliphatic carbocycles. The number of nitrogens with zero attached hydrogens (tertiary/aromatic N) is 2. The molecule has 1 heterocycles. The third kappa shape index (κ3) is 4.23. The molecule has 0 aromatic carbocycles. The average molecular weight is 318 g/mol. The van der Waals surface area contributed by atoms with E-state index in [0.717, 1.165) is 13.0 Å². The molecule has 7 heteroatoms. The summed E-state index contributed by atoms with van der Waals surface area (Å²) >= 11 is 3.04. The van der Waals surface area contributed by atoms with E-state index < -0.39 is 16.0 Å². The van der Waals surface area contributed by atoms with Crippen LogP contribution in [0, 0.1) is 10.1 Å². The van der Waals surface area contributed by atoms with Crippen LogP contribution in [0.4, 0.5) is 5.69 Å². The first-order valence-electron chi connectivity index (χ1n) is 5.69. The summed E-state index contributed by atoms with van der Waals surface area (Å²) in [7, 11) is 0. The summed E-state index contributed by atoms with van der Waals surface area (Å²) in [5, 5.41) is 14.0. The second kappa shape index (κ2) is 6.65. The van der Waals surface area contributed by atoms with Crippen LogP contribution in [-0.4, -0.2) is 22.1 Å². The third-order valence-corrected chi connectivity index (χ3v) is 2.92. The van der Waals surface area contributed by atoms with Crippen molar-refractivity contribution in [3.05, 3.63) is 37.2 Å². The largest absolute Gasteiger partial charge is 0.347 e. The summed E-state index contributed by atoms with van der Waals surface area (Å²) in [6.07, 6.45) is 3.69. The smallest absolute Gasteiger partial charge is 0.333 e. The van der Waals surface area contributed by atoms with Gasteiger partial charge in [0.15, 0.2) is 0 Å². The minimum absolute atomic E-state index is 0.216. The Hall–Kier alpha value is -1.21. The Balaban J connectivity index is 2.73. The molecule has 0 atom stereocenters. The lowest BCUT2D eigenvalue weighted by Gasteiger charge is -2.09. The second-order valence-electron chi connectivity index (χ2n) is 4.28. The Labute approximate surface area is 113 Å². The van der Waals surface area contributed by atoms with Crippen molar-refractivity contribution in [2.45, 2.75) is 32.9 Å². The van der Waals surface area contributed by atoms with Gasteiger partial charge in [0, 0.05) is 18.8 Å². The molecule has 0 radical (unpaired) electrons. The summed E-state index contributed by atoms with van der Waals surface area (Å²) in [4.78, 5) is 21.5. The standard InChI is InChI=1S/C11H16BrN3O3/c1-8(2)13-4-3-5-14-6-9(12)11(16)10(7-14)15(17)18/h6-8,13H,3-5H2,1-2H3. The maximum absolute atomic E-state index is 11.5. The number of hydrogen-bond donors (Lipinski definition) is 1. The molecule has 0 unspecified atom stereocenters. The molecule has 1 N–H and O–H groups in total. The lowest BCUT2D eigenvalue weighted by atomic mass is 10.3. The van der Waals surface area contributed by atoms with Crippen LogP contribution in [-0.2, 0) is 6.54 Å². The van der Waals surface area contributed by atoms with E-state index in [0.29, 0.717) is 12.6 Å². The van der Waals surface area contributed by atoms with Crippen molar-refractivity contribution in [3.63, 3.8) is 0 Å². The molecule has 18 heavy (non-hydrogen) atoms. The minimum Gasteiger partial charge on any atom is -0.347 e. The Kier molecular flexibility index (Phi) is 5.49. The van der Waals surface area contributed by atoms with Crippen LogP contribution < -0.4 is 10.7 Å². The first kappa shape index (κ1) is 14.8. The molecule has 0 amide bonds. The fraction of sp³-hybridized carbons (Fsp3) is 0.545. The first-order chi connectivity index (χ1) is 8.41. The van der Waals surface area contributed by atoms with Crippen LogP contribution in [0.15, 0.2) is 21.7 Å². The number of nitro groups is 1. The van der Waals surface area contributed by atoms with E-state index in [1.54, 1.807) is 10.8 Å². The second-order valence-corrected chi connectivity index (χ2v) is 5.13. The zero-order chi connectivity index (χ0) is 13.7. The Morgan fingerprint density at radius 1 is 1.50 bits per heavy atom. The van der Waals surface area contributed by atoms with Gasteiger partial charge in [-0.1, -0.05) is 13.8 Å². The molecule has 0 spiro atoms. The molecule has 0 aliphatic heterocycles. The fourth-order valence-corrected chi connectivity index (χ4v) is 1.96. The number of hydrogen-bond acceptors (Lipinski definition) is 4. The maximum atomic E-state index is 11.5. The number of pyridine rings is 1. The van der Waals surface area contributed by atoms with Gasteiger partial charge in [0.25, 0.3) is 5.43 Å². The van der Waals surface area contributed by atoms with Crippen LogP contribution in [0.3, 0.4) is 0 Å². The number of nitrogens with one attached hydrogen (secondary N) is 1. The SMILES string of the molecule is CC(C)NCCCn1cc(Br)c(=O)c([N+](=O)[O-])c1. The van der Waals surface area contributed by atoms with Crippen molar-refractivity contribution < 1.29 is 4.92 Å². The fourth-order valence-electron chi connectivity index (χ4n) is 1.49. The van der Waals surface area contributed by atoms with Crippen LogP contribution in [0.25, 0.3) is 0 Å². The van der Waals surface area contributed by atoms with Crippen molar-refractivity contribution in [1.82, 2.24) is 9.88 Å². The molecule has 1 aromatic rings. The van der Waals surface area contributed by atoms with Crippen molar-refractivity contribution >= 4 is 21.6 Å². The van der Waals surface area contributed by atoms with Crippen molar-refractivity contribution in [1.29, 1.82) is 0 Å². The van der Waals surface area contributed by atoms with Crippen LogP contribution >= 0.6 is 15.9 Å². The molecular weight excluding hydrogens is 302 g/mol. The lowest BCUT2D eigenvalue weighted by molar-refractivity contribution is -0.386. The molecular formula is C11H16BrN3O3. The number of halogens is 1. The van der Waals surface area contributed by atoms with E-state index in [-0.39, 0.29) is 4.47 Å². The zero-order valence-corrected chi connectivity index (χ0v) is 11.9. The summed E-state index contributed by atoms with van der Waals surface area (Å²) < 4.78 is 1.87. The van der Waals surface area contributed by atoms with Gasteiger partial charge in [-0.25, -0.2) is 0 Å². The highest BCUT2D eigenvalue weighted by atomic mass is 79.9. The van der Waals surface area contributed by atoms with Gasteiger partial charge in [-0.2, -0.15) is 0 Å². The molecule has 100 valence electrons. The van der Waals surface area contributed by atoms with Gasteiger partial charge < -0.3 is 9.88 Å². The van der Waals surface area contributed by atoms with Gasteiger partial charge in [-0.05, 0) is 28.9 Å². The molecule has 1 aromatic heterocycles. The predicted molar refractivity (Wildman–Crippen MR) is 72.8 cm³/mol. The quantitative estimate of drug-likeness (QED) is 0.494. The molecule has 0 saturated carbocycles. The first-order valence-corrected chi connectivity index (χ1v) is 6.48. The van der Waals surface area contributed by atoms with E-state index in [1.807, 2.05) is 0 Å². The highest BCUT2D eigenvalue weighted by Crippen LogP contribution is 2.11. The highest BCUT2D eigenvalue weighted by Gasteiger charge is 2.15. The van der Waals surface area contributed by atoms with Gasteiger partial charge in [0.1, 0.15) is 0 Å². The third-order valence-electron chi connectivity index (χ3n) is 2.36. The normalized spacial score (nSPS) is 10.9.